The number of piperidine rings is 1. The van der Waals surface area contributed by atoms with Gasteiger partial charge < -0.3 is 15.1 Å². The van der Waals surface area contributed by atoms with Gasteiger partial charge in [-0.15, -0.1) is 0 Å². The lowest BCUT2D eigenvalue weighted by Gasteiger charge is -2.27. The third kappa shape index (κ3) is 3.82. The minimum Gasteiger partial charge on any atom is -0.444 e. The molecule has 0 saturated carbocycles. The summed E-state index contributed by atoms with van der Waals surface area (Å²) in [5, 5.41) is 7.15. The van der Waals surface area contributed by atoms with Crippen LogP contribution < -0.4 is 10.6 Å². The van der Waals surface area contributed by atoms with Crippen molar-refractivity contribution < 1.29 is 4.42 Å². The molecule has 102 valence electrons. The number of aromatic nitrogens is 1. The topological polar surface area (TPSA) is 50.1 Å². The molecule has 2 N–H and O–H groups in total. The van der Waals surface area contributed by atoms with Crippen molar-refractivity contribution in [3.05, 3.63) is 17.8 Å². The van der Waals surface area contributed by atoms with Gasteiger partial charge in [-0.05, 0) is 46.6 Å². The van der Waals surface area contributed by atoms with Crippen LogP contribution in [0, 0.1) is 6.92 Å². The van der Waals surface area contributed by atoms with Gasteiger partial charge in [0.1, 0.15) is 5.76 Å². The Labute approximate surface area is 110 Å². The summed E-state index contributed by atoms with van der Waals surface area (Å²) in [5.74, 6) is 1.66. The maximum atomic E-state index is 5.55. The van der Waals surface area contributed by atoms with Crippen molar-refractivity contribution in [2.75, 3.05) is 6.54 Å². The number of rotatable bonds is 5. The number of hydrogen-bond donors (Lipinski definition) is 2. The van der Waals surface area contributed by atoms with E-state index in [0.717, 1.165) is 11.7 Å². The van der Waals surface area contributed by atoms with Gasteiger partial charge in [-0.3, -0.25) is 0 Å². The zero-order chi connectivity index (χ0) is 13.0. The Balaban J connectivity index is 1.77. The fraction of sp³-hybridized carbons (Fsp3) is 0.786. The average Bonchev–Trinajstić information content (AvgIpc) is 2.77. The molecule has 0 aromatic carbocycles. The van der Waals surface area contributed by atoms with Gasteiger partial charge in [0.15, 0.2) is 0 Å². The highest BCUT2D eigenvalue weighted by Gasteiger charge is 2.18. The van der Waals surface area contributed by atoms with Crippen molar-refractivity contribution in [1.82, 2.24) is 15.6 Å². The second kappa shape index (κ2) is 6.34. The monoisotopic (exact) mass is 251 g/mol. The fourth-order valence-electron chi connectivity index (χ4n) is 2.69. The summed E-state index contributed by atoms with van der Waals surface area (Å²) in [5.41, 5.74) is 0. The summed E-state index contributed by atoms with van der Waals surface area (Å²) in [6.45, 7) is 7.45. The molecular weight excluding hydrogens is 226 g/mol. The SMILES string of the molecule is Cc1cnc(C(C)NC(C)CC2CCCCN2)o1. The molecule has 0 radical (unpaired) electrons. The standard InChI is InChI=1S/C14H25N3O/c1-10(8-13-6-4-5-7-15-13)17-12(3)14-16-9-11(2)18-14/h9-10,12-13,15,17H,4-8H2,1-3H3. The lowest BCUT2D eigenvalue weighted by atomic mass is 9.98. The van der Waals surface area contributed by atoms with Gasteiger partial charge in [0, 0.05) is 12.1 Å². The van der Waals surface area contributed by atoms with Gasteiger partial charge in [0.05, 0.1) is 12.2 Å². The molecule has 0 aliphatic carbocycles. The molecule has 1 fully saturated rings. The summed E-state index contributed by atoms with van der Waals surface area (Å²) in [6.07, 6.45) is 6.94. The second-order valence-electron chi connectivity index (χ2n) is 5.48. The van der Waals surface area contributed by atoms with E-state index in [1.807, 2.05) is 6.92 Å². The second-order valence-corrected chi connectivity index (χ2v) is 5.48. The normalized spacial score (nSPS) is 23.8. The zero-order valence-corrected chi connectivity index (χ0v) is 11.7. The molecule has 2 rings (SSSR count). The Hall–Kier alpha value is -0.870. The minimum atomic E-state index is 0.178. The first kappa shape index (κ1) is 13.6. The van der Waals surface area contributed by atoms with Crippen LogP contribution in [0.15, 0.2) is 10.6 Å². The smallest absolute Gasteiger partial charge is 0.211 e. The quantitative estimate of drug-likeness (QED) is 0.844. The largest absolute Gasteiger partial charge is 0.444 e. The summed E-state index contributed by atoms with van der Waals surface area (Å²) in [4.78, 5) is 4.27. The summed E-state index contributed by atoms with van der Waals surface area (Å²) in [6, 6.07) is 1.32. The van der Waals surface area contributed by atoms with E-state index in [0.29, 0.717) is 12.1 Å². The lowest BCUT2D eigenvalue weighted by molar-refractivity contribution is 0.316. The van der Waals surface area contributed by atoms with Crippen molar-refractivity contribution in [1.29, 1.82) is 0 Å². The van der Waals surface area contributed by atoms with Gasteiger partial charge >= 0.3 is 0 Å². The van der Waals surface area contributed by atoms with Crippen LogP contribution in [0.25, 0.3) is 0 Å². The highest BCUT2D eigenvalue weighted by Crippen LogP contribution is 2.16. The van der Waals surface area contributed by atoms with Crippen molar-refractivity contribution in [2.45, 2.75) is 64.6 Å². The predicted octanol–water partition coefficient (Wildman–Crippen LogP) is 2.55. The van der Waals surface area contributed by atoms with Crippen LogP contribution in [0.1, 0.15) is 57.2 Å². The van der Waals surface area contributed by atoms with Gasteiger partial charge in [0.25, 0.3) is 0 Å². The third-order valence-electron chi connectivity index (χ3n) is 3.59. The molecule has 0 bridgehead atoms. The maximum Gasteiger partial charge on any atom is 0.211 e. The Morgan fingerprint density at radius 1 is 1.50 bits per heavy atom. The molecule has 3 atom stereocenters. The molecule has 0 spiro atoms. The highest BCUT2D eigenvalue weighted by atomic mass is 16.4. The molecule has 18 heavy (non-hydrogen) atoms. The minimum absolute atomic E-state index is 0.178. The van der Waals surface area contributed by atoms with Crippen LogP contribution in [0.3, 0.4) is 0 Å². The molecule has 3 unspecified atom stereocenters. The first-order chi connectivity index (χ1) is 8.65. The van der Waals surface area contributed by atoms with Gasteiger partial charge in [0.2, 0.25) is 5.89 Å². The third-order valence-corrected chi connectivity index (χ3v) is 3.59. The van der Waals surface area contributed by atoms with Crippen LogP contribution in [0.2, 0.25) is 0 Å². The van der Waals surface area contributed by atoms with E-state index < -0.39 is 0 Å². The van der Waals surface area contributed by atoms with E-state index in [2.05, 4.69) is 29.5 Å². The molecule has 4 heteroatoms. The van der Waals surface area contributed by atoms with E-state index in [9.17, 15) is 0 Å². The summed E-state index contributed by atoms with van der Waals surface area (Å²) in [7, 11) is 0. The van der Waals surface area contributed by atoms with Gasteiger partial charge in [-0.1, -0.05) is 6.42 Å². The zero-order valence-electron chi connectivity index (χ0n) is 11.7. The molecule has 1 aromatic heterocycles. The number of aryl methyl sites for hydroxylation is 1. The van der Waals surface area contributed by atoms with E-state index >= 15 is 0 Å². The van der Waals surface area contributed by atoms with Crippen LogP contribution in [0.4, 0.5) is 0 Å². The van der Waals surface area contributed by atoms with Crippen molar-refractivity contribution in [3.63, 3.8) is 0 Å². The first-order valence-corrected chi connectivity index (χ1v) is 7.07. The molecule has 1 aromatic rings. The first-order valence-electron chi connectivity index (χ1n) is 7.07. The molecule has 2 heterocycles. The Morgan fingerprint density at radius 2 is 2.33 bits per heavy atom. The Kier molecular flexibility index (Phi) is 4.78. The molecule has 1 saturated heterocycles. The molecule has 0 amide bonds. The van der Waals surface area contributed by atoms with Crippen LogP contribution in [-0.2, 0) is 0 Å². The molecular formula is C14H25N3O. The predicted molar refractivity (Wildman–Crippen MR) is 72.5 cm³/mol. The van der Waals surface area contributed by atoms with Crippen LogP contribution in [0.5, 0.6) is 0 Å². The van der Waals surface area contributed by atoms with Crippen molar-refractivity contribution in [2.24, 2.45) is 0 Å². The number of nitrogens with one attached hydrogen (secondary N) is 2. The number of hydrogen-bond acceptors (Lipinski definition) is 4. The lowest BCUT2D eigenvalue weighted by Crippen LogP contribution is -2.40. The summed E-state index contributed by atoms with van der Waals surface area (Å²) >= 11 is 0. The van der Waals surface area contributed by atoms with E-state index in [-0.39, 0.29) is 6.04 Å². The van der Waals surface area contributed by atoms with E-state index in [1.54, 1.807) is 6.20 Å². The number of nitrogens with zero attached hydrogens (tertiary/aromatic N) is 1. The Bertz CT molecular complexity index is 358. The van der Waals surface area contributed by atoms with Crippen LogP contribution in [-0.4, -0.2) is 23.6 Å². The summed E-state index contributed by atoms with van der Waals surface area (Å²) < 4.78 is 5.55. The average molecular weight is 251 g/mol. The van der Waals surface area contributed by atoms with E-state index in [4.69, 9.17) is 4.42 Å². The van der Waals surface area contributed by atoms with E-state index in [1.165, 1.54) is 32.2 Å². The molecule has 1 aliphatic rings. The Morgan fingerprint density at radius 3 is 2.94 bits per heavy atom. The fourth-order valence-corrected chi connectivity index (χ4v) is 2.69. The number of oxazole rings is 1. The van der Waals surface area contributed by atoms with Gasteiger partial charge in [-0.25, -0.2) is 4.98 Å². The molecule has 4 nitrogen and oxygen atoms in total. The van der Waals surface area contributed by atoms with Crippen LogP contribution >= 0.6 is 0 Å². The highest BCUT2D eigenvalue weighted by molar-refractivity contribution is 4.95. The van der Waals surface area contributed by atoms with Crippen molar-refractivity contribution in [3.8, 4) is 0 Å². The van der Waals surface area contributed by atoms with Crippen molar-refractivity contribution >= 4 is 0 Å². The van der Waals surface area contributed by atoms with Gasteiger partial charge in [-0.2, -0.15) is 0 Å². The molecule has 1 aliphatic heterocycles. The maximum absolute atomic E-state index is 5.55.